The third kappa shape index (κ3) is 13.0. The van der Waals surface area contributed by atoms with Crippen molar-refractivity contribution in [3.8, 4) is 0 Å². The predicted octanol–water partition coefficient (Wildman–Crippen LogP) is 14.3. The average molecular weight is 673 g/mol. The number of anilines is 2. The van der Waals surface area contributed by atoms with Crippen molar-refractivity contribution in [3.63, 3.8) is 0 Å². The van der Waals surface area contributed by atoms with Gasteiger partial charge in [0.15, 0.2) is 0 Å². The van der Waals surface area contributed by atoms with Gasteiger partial charge in [-0.25, -0.2) is 0 Å². The number of rotatable bonds is 24. The zero-order chi connectivity index (χ0) is 35.4. The summed E-state index contributed by atoms with van der Waals surface area (Å²) in [6.45, 7) is 6.93. The SMILES string of the molecule is CCCCCCCCCCC(c1ccc(N)cc1)c1ccc(C(C)c2ccc(C(CCCCCCCCCC)c3ccc(N)cc3)cc2)cc1. The molecule has 4 rings (SSSR count). The fourth-order valence-electron chi connectivity index (χ4n) is 7.70. The normalized spacial score (nSPS) is 13.3. The van der Waals surface area contributed by atoms with Gasteiger partial charge in [0.05, 0.1) is 0 Å². The smallest absolute Gasteiger partial charge is 0.0314 e. The lowest BCUT2D eigenvalue weighted by atomic mass is 9.83. The second kappa shape index (κ2) is 22.3. The number of nitrogen functional groups attached to an aromatic ring is 2. The van der Waals surface area contributed by atoms with Gasteiger partial charge in [0.25, 0.3) is 0 Å². The van der Waals surface area contributed by atoms with E-state index in [1.54, 1.807) is 0 Å². The number of hydrogen-bond acceptors (Lipinski definition) is 2. The quantitative estimate of drug-likeness (QED) is 0.0575. The van der Waals surface area contributed by atoms with E-state index in [0.29, 0.717) is 17.8 Å². The minimum atomic E-state index is 0.337. The van der Waals surface area contributed by atoms with E-state index < -0.39 is 0 Å². The van der Waals surface area contributed by atoms with Gasteiger partial charge in [0.1, 0.15) is 0 Å². The molecule has 4 N–H and O–H groups in total. The molecule has 0 aliphatic carbocycles. The molecule has 4 aromatic carbocycles. The molecule has 0 fully saturated rings. The van der Waals surface area contributed by atoms with Crippen molar-refractivity contribution in [2.45, 2.75) is 154 Å². The van der Waals surface area contributed by atoms with E-state index in [1.807, 2.05) is 0 Å². The van der Waals surface area contributed by atoms with Crippen LogP contribution < -0.4 is 11.5 Å². The first kappa shape index (κ1) is 39.3. The maximum atomic E-state index is 6.07. The van der Waals surface area contributed by atoms with Crippen molar-refractivity contribution < 1.29 is 0 Å². The van der Waals surface area contributed by atoms with Crippen LogP contribution in [0.2, 0.25) is 0 Å². The molecule has 0 radical (unpaired) electrons. The van der Waals surface area contributed by atoms with Gasteiger partial charge in [-0.15, -0.1) is 0 Å². The van der Waals surface area contributed by atoms with Crippen LogP contribution in [0.5, 0.6) is 0 Å². The molecule has 4 aromatic rings. The zero-order valence-electron chi connectivity index (χ0n) is 31.9. The van der Waals surface area contributed by atoms with Gasteiger partial charge in [-0.3, -0.25) is 0 Å². The predicted molar refractivity (Wildman–Crippen MR) is 220 cm³/mol. The van der Waals surface area contributed by atoms with Crippen LogP contribution in [0.15, 0.2) is 97.1 Å². The Labute approximate surface area is 306 Å². The lowest BCUT2D eigenvalue weighted by molar-refractivity contribution is 0.551. The molecular weight excluding hydrogens is 605 g/mol. The first-order valence-corrected chi connectivity index (χ1v) is 20.4. The number of benzene rings is 4. The van der Waals surface area contributed by atoms with Crippen LogP contribution >= 0.6 is 0 Å². The molecule has 0 saturated heterocycles. The Kier molecular flexibility index (Phi) is 17.5. The molecule has 0 bridgehead atoms. The summed E-state index contributed by atoms with van der Waals surface area (Å²) in [5.74, 6) is 1.15. The van der Waals surface area contributed by atoms with E-state index in [0.717, 1.165) is 11.4 Å². The van der Waals surface area contributed by atoms with E-state index in [-0.39, 0.29) is 0 Å². The lowest BCUT2D eigenvalue weighted by Crippen LogP contribution is -2.04. The summed E-state index contributed by atoms with van der Waals surface area (Å²) >= 11 is 0. The van der Waals surface area contributed by atoms with Crippen molar-refractivity contribution in [2.24, 2.45) is 0 Å². The van der Waals surface area contributed by atoms with Crippen LogP contribution in [-0.2, 0) is 0 Å². The van der Waals surface area contributed by atoms with Crippen molar-refractivity contribution >= 4 is 11.4 Å². The second-order valence-electron chi connectivity index (χ2n) is 15.0. The summed E-state index contributed by atoms with van der Waals surface area (Å²) in [6, 6.07) is 36.2. The Hall–Kier alpha value is -3.52. The van der Waals surface area contributed by atoms with E-state index >= 15 is 0 Å². The van der Waals surface area contributed by atoms with Crippen LogP contribution in [0.25, 0.3) is 0 Å². The summed E-state index contributed by atoms with van der Waals surface area (Å²) in [5.41, 5.74) is 22.1. The molecule has 0 heterocycles. The van der Waals surface area contributed by atoms with Crippen molar-refractivity contribution in [1.29, 1.82) is 0 Å². The molecular formula is C48H68N2. The van der Waals surface area contributed by atoms with Crippen molar-refractivity contribution in [3.05, 3.63) is 130 Å². The molecule has 2 heteroatoms. The third-order valence-electron chi connectivity index (χ3n) is 11.0. The summed E-state index contributed by atoms with van der Waals surface area (Å²) in [4.78, 5) is 0. The van der Waals surface area contributed by atoms with E-state index in [9.17, 15) is 0 Å². The Morgan fingerprint density at radius 3 is 0.880 bits per heavy atom. The fraction of sp³-hybridized carbons (Fsp3) is 0.500. The molecule has 0 aliphatic rings. The van der Waals surface area contributed by atoms with Gasteiger partial charge in [-0.05, 0) is 70.5 Å². The fourth-order valence-corrected chi connectivity index (χ4v) is 7.70. The third-order valence-corrected chi connectivity index (χ3v) is 11.0. The minimum absolute atomic E-state index is 0.337. The molecule has 50 heavy (non-hydrogen) atoms. The molecule has 270 valence electrons. The molecule has 0 spiro atoms. The second-order valence-corrected chi connectivity index (χ2v) is 15.0. The molecule has 2 atom stereocenters. The molecule has 2 unspecified atom stereocenters. The Morgan fingerprint density at radius 2 is 0.580 bits per heavy atom. The first-order valence-electron chi connectivity index (χ1n) is 20.4. The van der Waals surface area contributed by atoms with Crippen molar-refractivity contribution in [2.75, 3.05) is 11.5 Å². The molecule has 2 nitrogen and oxygen atoms in total. The van der Waals surface area contributed by atoms with Crippen molar-refractivity contribution in [1.82, 2.24) is 0 Å². The summed E-state index contributed by atoms with van der Waals surface area (Å²) in [5, 5.41) is 0. The van der Waals surface area contributed by atoms with Crippen LogP contribution in [-0.4, -0.2) is 0 Å². The van der Waals surface area contributed by atoms with E-state index in [4.69, 9.17) is 11.5 Å². The van der Waals surface area contributed by atoms with E-state index in [2.05, 4.69) is 118 Å². The number of nitrogens with two attached hydrogens (primary N) is 2. The Balaban J connectivity index is 1.39. The van der Waals surface area contributed by atoms with Gasteiger partial charge < -0.3 is 11.5 Å². The highest BCUT2D eigenvalue weighted by Gasteiger charge is 2.18. The molecule has 0 saturated carbocycles. The summed E-state index contributed by atoms with van der Waals surface area (Å²) < 4.78 is 0. The monoisotopic (exact) mass is 673 g/mol. The van der Waals surface area contributed by atoms with Gasteiger partial charge in [-0.1, -0.05) is 196 Å². The molecule has 0 aliphatic heterocycles. The highest BCUT2D eigenvalue weighted by Crippen LogP contribution is 2.35. The van der Waals surface area contributed by atoms with Gasteiger partial charge >= 0.3 is 0 Å². The van der Waals surface area contributed by atoms with Crippen LogP contribution in [0, 0.1) is 0 Å². The largest absolute Gasteiger partial charge is 0.399 e. The van der Waals surface area contributed by atoms with E-state index in [1.165, 1.54) is 149 Å². The Bertz CT molecular complexity index is 1320. The van der Waals surface area contributed by atoms with Gasteiger partial charge in [-0.2, -0.15) is 0 Å². The molecule has 0 amide bonds. The summed E-state index contributed by atoms with van der Waals surface area (Å²) in [6.07, 6.45) is 24.0. The molecule has 0 aromatic heterocycles. The highest BCUT2D eigenvalue weighted by atomic mass is 14.5. The standard InChI is InChI=1S/C48H68N2/c1-4-6-8-10-12-14-16-18-20-47(43-30-34-45(49)35-31-43)41-26-22-39(23-27-41)38(3)40-24-28-42(29-25-40)48(44-32-36-46(50)37-33-44)21-19-17-15-13-11-9-7-5-2/h22-38,47-48H,4-21,49-50H2,1-3H3. The van der Waals surface area contributed by atoms with Crippen LogP contribution in [0.3, 0.4) is 0 Å². The lowest BCUT2D eigenvalue weighted by Gasteiger charge is -2.21. The number of hydrogen-bond donors (Lipinski definition) is 2. The summed E-state index contributed by atoms with van der Waals surface area (Å²) in [7, 11) is 0. The maximum Gasteiger partial charge on any atom is 0.0314 e. The van der Waals surface area contributed by atoms with Gasteiger partial charge in [0, 0.05) is 29.1 Å². The minimum Gasteiger partial charge on any atom is -0.399 e. The number of unbranched alkanes of at least 4 members (excludes halogenated alkanes) is 14. The maximum absolute atomic E-state index is 6.07. The highest BCUT2D eigenvalue weighted by molar-refractivity contribution is 5.45. The van der Waals surface area contributed by atoms with Crippen LogP contribution in [0.4, 0.5) is 11.4 Å². The Morgan fingerprint density at radius 1 is 0.340 bits per heavy atom. The topological polar surface area (TPSA) is 52.0 Å². The van der Waals surface area contributed by atoms with Gasteiger partial charge in [0.2, 0.25) is 0 Å². The first-order chi connectivity index (χ1) is 24.5. The zero-order valence-corrected chi connectivity index (χ0v) is 31.9. The van der Waals surface area contributed by atoms with Crippen LogP contribution in [0.1, 0.15) is 187 Å². The average Bonchev–Trinajstić information content (AvgIpc) is 3.15.